The number of allylic oxidation sites excluding steroid dienone is 2. The van der Waals surface area contributed by atoms with Crippen LogP contribution in [0.3, 0.4) is 0 Å². The maximum Gasteiger partial charge on any atom is 0.335 e. The molecule has 22 heavy (non-hydrogen) atoms. The molecule has 1 aliphatic rings. The Morgan fingerprint density at radius 2 is 2.32 bits per heavy atom. The molecule has 1 saturated heterocycles. The van der Waals surface area contributed by atoms with E-state index in [0.29, 0.717) is 12.3 Å². The molecule has 0 N–H and O–H groups in total. The van der Waals surface area contributed by atoms with Crippen LogP contribution in [0.15, 0.2) is 28.9 Å². The van der Waals surface area contributed by atoms with Crippen LogP contribution in [0.25, 0.3) is 5.70 Å². The zero-order valence-corrected chi connectivity index (χ0v) is 14.6. The molecule has 1 fully saturated rings. The van der Waals surface area contributed by atoms with Crippen LogP contribution in [0.1, 0.15) is 45.0 Å². The number of nitrogens with zero attached hydrogens (tertiary/aromatic N) is 2. The maximum atomic E-state index is 12.1. The van der Waals surface area contributed by atoms with E-state index in [-0.39, 0.29) is 5.97 Å². The van der Waals surface area contributed by atoms with Crippen LogP contribution in [-0.4, -0.2) is 29.5 Å². The number of hydrogen-bond acceptors (Lipinski definition) is 5. The number of rotatable bonds is 5. The monoisotopic (exact) mass is 320 g/mol. The van der Waals surface area contributed by atoms with Crippen molar-refractivity contribution in [1.29, 1.82) is 0 Å². The van der Waals surface area contributed by atoms with Gasteiger partial charge in [-0.25, -0.2) is 9.78 Å². The van der Waals surface area contributed by atoms with Crippen molar-refractivity contribution >= 4 is 23.0 Å². The predicted octanol–water partition coefficient (Wildman–Crippen LogP) is 4.07. The average Bonchev–Trinajstić information content (AvgIpc) is 3.15. The van der Waals surface area contributed by atoms with Crippen LogP contribution in [0.4, 0.5) is 0 Å². The smallest absolute Gasteiger partial charge is 0.335 e. The molecule has 1 unspecified atom stereocenters. The molecule has 0 spiro atoms. The SMILES string of the molecule is CC/C=C(\c1nccs1)N1CC(C)C/C1=C(/CC)C(=O)OC. The lowest BCUT2D eigenvalue weighted by atomic mass is 10.1. The molecule has 0 bridgehead atoms. The summed E-state index contributed by atoms with van der Waals surface area (Å²) in [7, 11) is 1.45. The second kappa shape index (κ2) is 7.58. The number of likely N-dealkylation sites (tertiary alicyclic amines) is 1. The van der Waals surface area contributed by atoms with E-state index < -0.39 is 0 Å². The Morgan fingerprint density at radius 3 is 2.86 bits per heavy atom. The molecule has 2 rings (SSSR count). The highest BCUT2D eigenvalue weighted by molar-refractivity contribution is 7.10. The molecule has 1 aromatic rings. The highest BCUT2D eigenvalue weighted by Gasteiger charge is 2.31. The number of carbonyl (C=O) groups is 1. The zero-order valence-electron chi connectivity index (χ0n) is 13.8. The lowest BCUT2D eigenvalue weighted by molar-refractivity contribution is -0.136. The second-order valence-corrected chi connectivity index (χ2v) is 6.42. The molecule has 0 amide bonds. The van der Waals surface area contributed by atoms with Gasteiger partial charge in [0.25, 0.3) is 0 Å². The molecule has 120 valence electrons. The highest BCUT2D eigenvalue weighted by atomic mass is 32.1. The van der Waals surface area contributed by atoms with E-state index in [1.54, 1.807) is 11.3 Å². The van der Waals surface area contributed by atoms with Gasteiger partial charge < -0.3 is 9.64 Å². The summed E-state index contributed by atoms with van der Waals surface area (Å²) in [5.41, 5.74) is 2.99. The van der Waals surface area contributed by atoms with Gasteiger partial charge in [0.15, 0.2) is 0 Å². The quantitative estimate of drug-likeness (QED) is 0.606. The molecule has 0 aromatic carbocycles. The first-order chi connectivity index (χ1) is 10.6. The molecular weight excluding hydrogens is 296 g/mol. The summed E-state index contributed by atoms with van der Waals surface area (Å²) in [4.78, 5) is 18.8. The first-order valence-corrected chi connectivity index (χ1v) is 8.68. The Kier molecular flexibility index (Phi) is 5.77. The molecule has 4 nitrogen and oxygen atoms in total. The van der Waals surface area contributed by atoms with Crippen LogP contribution in [-0.2, 0) is 9.53 Å². The van der Waals surface area contributed by atoms with E-state index >= 15 is 0 Å². The van der Waals surface area contributed by atoms with Gasteiger partial charge in [-0.1, -0.05) is 26.8 Å². The van der Waals surface area contributed by atoms with Crippen molar-refractivity contribution in [2.75, 3.05) is 13.7 Å². The van der Waals surface area contributed by atoms with Gasteiger partial charge in [-0.15, -0.1) is 11.3 Å². The van der Waals surface area contributed by atoms with Crippen LogP contribution in [0, 0.1) is 5.92 Å². The molecule has 0 saturated carbocycles. The summed E-state index contributed by atoms with van der Waals surface area (Å²) in [5.74, 6) is 0.299. The van der Waals surface area contributed by atoms with E-state index in [1.165, 1.54) is 7.11 Å². The van der Waals surface area contributed by atoms with Gasteiger partial charge in [0, 0.05) is 23.8 Å². The van der Waals surface area contributed by atoms with Crippen molar-refractivity contribution < 1.29 is 9.53 Å². The van der Waals surface area contributed by atoms with E-state index in [1.807, 2.05) is 18.5 Å². The van der Waals surface area contributed by atoms with Gasteiger partial charge in [0.1, 0.15) is 5.01 Å². The average molecular weight is 320 g/mol. The van der Waals surface area contributed by atoms with Gasteiger partial charge in [-0.3, -0.25) is 0 Å². The third kappa shape index (κ3) is 3.40. The topological polar surface area (TPSA) is 42.4 Å². The van der Waals surface area contributed by atoms with Crippen LogP contribution in [0.2, 0.25) is 0 Å². The Labute approximate surface area is 136 Å². The van der Waals surface area contributed by atoms with Crippen molar-refractivity contribution in [3.05, 3.63) is 33.9 Å². The Morgan fingerprint density at radius 1 is 1.55 bits per heavy atom. The Balaban J connectivity index is 2.48. The van der Waals surface area contributed by atoms with Gasteiger partial charge in [0.2, 0.25) is 0 Å². The van der Waals surface area contributed by atoms with Gasteiger partial charge in [-0.05, 0) is 25.2 Å². The lowest BCUT2D eigenvalue weighted by Gasteiger charge is -2.24. The predicted molar refractivity (Wildman–Crippen MR) is 90.2 cm³/mol. The molecule has 0 aliphatic carbocycles. The van der Waals surface area contributed by atoms with Crippen molar-refractivity contribution in [3.8, 4) is 0 Å². The fraction of sp³-hybridized carbons (Fsp3) is 0.529. The molecule has 0 radical (unpaired) electrons. The zero-order chi connectivity index (χ0) is 16.1. The minimum atomic E-state index is -0.216. The fourth-order valence-electron chi connectivity index (χ4n) is 2.90. The number of methoxy groups -OCH3 is 1. The van der Waals surface area contributed by atoms with Gasteiger partial charge in [-0.2, -0.15) is 0 Å². The molecule has 2 heterocycles. The largest absolute Gasteiger partial charge is 0.466 e. The Hall–Kier alpha value is -1.62. The first-order valence-electron chi connectivity index (χ1n) is 7.80. The van der Waals surface area contributed by atoms with Crippen molar-refractivity contribution in [2.45, 2.75) is 40.0 Å². The number of aromatic nitrogens is 1. The highest BCUT2D eigenvalue weighted by Crippen LogP contribution is 2.37. The third-order valence-corrected chi connectivity index (χ3v) is 4.63. The number of esters is 1. The standard InChI is InChI=1S/C17H24N2O2S/c1-5-7-14(16-18-8-9-22-16)19-11-12(3)10-15(19)13(6-2)17(20)21-4/h7-9,12H,5-6,10-11H2,1-4H3/b14-7+,15-13+. The maximum absolute atomic E-state index is 12.1. The summed E-state index contributed by atoms with van der Waals surface area (Å²) >= 11 is 1.63. The van der Waals surface area contributed by atoms with Crippen molar-refractivity contribution in [2.24, 2.45) is 5.92 Å². The van der Waals surface area contributed by atoms with E-state index in [0.717, 1.165) is 41.4 Å². The molecular formula is C17H24N2O2S. The number of carbonyl (C=O) groups excluding carboxylic acids is 1. The summed E-state index contributed by atoms with van der Waals surface area (Å²) in [5, 5.41) is 3.00. The van der Waals surface area contributed by atoms with Crippen LogP contribution < -0.4 is 0 Å². The molecule has 1 aliphatic heterocycles. The summed E-state index contributed by atoms with van der Waals surface area (Å²) in [6.07, 6.45) is 6.55. The van der Waals surface area contributed by atoms with Gasteiger partial charge in [0.05, 0.1) is 18.4 Å². The minimum Gasteiger partial charge on any atom is -0.466 e. The number of thiazole rings is 1. The summed E-state index contributed by atoms with van der Waals surface area (Å²) in [6, 6.07) is 0. The van der Waals surface area contributed by atoms with Crippen molar-refractivity contribution in [1.82, 2.24) is 9.88 Å². The van der Waals surface area contributed by atoms with E-state index in [4.69, 9.17) is 4.74 Å². The second-order valence-electron chi connectivity index (χ2n) is 5.53. The van der Waals surface area contributed by atoms with E-state index in [2.05, 4.69) is 29.8 Å². The van der Waals surface area contributed by atoms with Crippen LogP contribution >= 0.6 is 11.3 Å². The molecule has 1 aromatic heterocycles. The summed E-state index contributed by atoms with van der Waals surface area (Å²) in [6.45, 7) is 7.27. The summed E-state index contributed by atoms with van der Waals surface area (Å²) < 4.78 is 4.97. The number of hydrogen-bond donors (Lipinski definition) is 0. The fourth-order valence-corrected chi connectivity index (χ4v) is 3.59. The van der Waals surface area contributed by atoms with Crippen LogP contribution in [0.5, 0.6) is 0 Å². The Bertz CT molecular complexity index is 575. The normalized spacial score (nSPS) is 21.2. The lowest BCUT2D eigenvalue weighted by Crippen LogP contribution is -2.21. The number of ether oxygens (including phenoxy) is 1. The molecule has 5 heteroatoms. The van der Waals surface area contributed by atoms with Crippen molar-refractivity contribution in [3.63, 3.8) is 0 Å². The minimum absolute atomic E-state index is 0.216. The molecule has 1 atom stereocenters. The van der Waals surface area contributed by atoms with Gasteiger partial charge >= 0.3 is 5.97 Å². The third-order valence-electron chi connectivity index (χ3n) is 3.84. The van der Waals surface area contributed by atoms with E-state index in [9.17, 15) is 4.79 Å². The first kappa shape index (κ1) is 16.7.